The SMILES string of the molecule is CC(C)[C@H](NC(=O)CCCCCNC(=O)COCCOCCN1C(=O)C=CC1=O)C(=O)N[C@@H](CCCNC(N)=O)C(=O)Nc1ccc(COC(=O)Oc2ccc([N+](=O)[O-])cc2)cc1. The van der Waals surface area contributed by atoms with Crippen molar-refractivity contribution in [3.05, 3.63) is 76.4 Å². The van der Waals surface area contributed by atoms with Gasteiger partial charge in [-0.25, -0.2) is 9.59 Å². The predicted octanol–water partition coefficient (Wildman–Crippen LogP) is 1.96. The molecular weight excluding hydrogens is 828 g/mol. The Morgan fingerprint density at radius 2 is 1.44 bits per heavy atom. The first-order chi connectivity index (χ1) is 30.1. The van der Waals surface area contributed by atoms with Gasteiger partial charge in [0.1, 0.15) is 31.0 Å². The lowest BCUT2D eigenvalue weighted by Gasteiger charge is -2.25. The predicted molar refractivity (Wildman–Crippen MR) is 223 cm³/mol. The molecule has 8 amide bonds. The van der Waals surface area contributed by atoms with Gasteiger partial charge in [-0.05, 0) is 61.4 Å². The van der Waals surface area contributed by atoms with Crippen molar-refractivity contribution in [1.29, 1.82) is 0 Å². The lowest BCUT2D eigenvalue weighted by Crippen LogP contribution is -2.54. The van der Waals surface area contributed by atoms with E-state index >= 15 is 0 Å². The number of carbonyl (C=O) groups excluding carboxylic acids is 8. The second kappa shape index (κ2) is 27.1. The molecule has 3 rings (SSSR count). The summed E-state index contributed by atoms with van der Waals surface area (Å²) in [5.74, 6) is -2.90. The fourth-order valence-electron chi connectivity index (χ4n) is 5.70. The third-order valence-electron chi connectivity index (χ3n) is 9.06. The van der Waals surface area contributed by atoms with Gasteiger partial charge in [-0.2, -0.15) is 0 Å². The van der Waals surface area contributed by atoms with E-state index in [1.165, 1.54) is 36.4 Å². The van der Waals surface area contributed by atoms with Gasteiger partial charge in [-0.15, -0.1) is 0 Å². The average molecular weight is 883 g/mol. The van der Waals surface area contributed by atoms with Crippen molar-refractivity contribution in [3.63, 3.8) is 0 Å². The molecule has 22 heteroatoms. The van der Waals surface area contributed by atoms with Crippen LogP contribution in [0.25, 0.3) is 0 Å². The number of nitrogens with zero attached hydrogens (tertiary/aromatic N) is 2. The van der Waals surface area contributed by atoms with Crippen molar-refractivity contribution >= 4 is 59.0 Å². The first-order valence-corrected chi connectivity index (χ1v) is 20.2. The van der Waals surface area contributed by atoms with E-state index in [0.29, 0.717) is 37.1 Å². The Labute approximate surface area is 363 Å². The van der Waals surface area contributed by atoms with Crippen LogP contribution in [0.4, 0.5) is 21.0 Å². The number of nitro groups is 1. The number of imide groups is 1. The van der Waals surface area contributed by atoms with Crippen molar-refractivity contribution in [2.75, 3.05) is 51.4 Å². The minimum absolute atomic E-state index is 0.0555. The van der Waals surface area contributed by atoms with Crippen molar-refractivity contribution in [2.45, 2.75) is 71.1 Å². The van der Waals surface area contributed by atoms with E-state index < -0.39 is 41.0 Å². The number of rotatable bonds is 28. The summed E-state index contributed by atoms with van der Waals surface area (Å²) in [4.78, 5) is 109. The highest BCUT2D eigenvalue weighted by atomic mass is 16.7. The van der Waals surface area contributed by atoms with Crippen LogP contribution in [0.5, 0.6) is 5.75 Å². The lowest BCUT2D eigenvalue weighted by atomic mass is 10.0. The molecule has 0 spiro atoms. The number of primary amides is 1. The average Bonchev–Trinajstić information content (AvgIpc) is 3.56. The number of carbonyl (C=O) groups is 8. The number of anilines is 1. The summed E-state index contributed by atoms with van der Waals surface area (Å²) < 4.78 is 20.7. The molecule has 1 aliphatic rings. The molecule has 1 aliphatic heterocycles. The molecule has 22 nitrogen and oxygen atoms in total. The van der Waals surface area contributed by atoms with Crippen LogP contribution in [0, 0.1) is 16.0 Å². The Hall–Kier alpha value is -6.94. The smallest absolute Gasteiger partial charge is 0.429 e. The Bertz CT molecular complexity index is 1910. The molecule has 0 aliphatic carbocycles. The van der Waals surface area contributed by atoms with Gasteiger partial charge < -0.3 is 51.3 Å². The zero-order valence-electron chi connectivity index (χ0n) is 35.1. The Morgan fingerprint density at radius 3 is 2.10 bits per heavy atom. The molecule has 2 atom stereocenters. The number of benzene rings is 2. The van der Waals surface area contributed by atoms with Gasteiger partial charge in [0.05, 0.1) is 31.3 Å². The number of unbranched alkanes of at least 4 members (excludes halogenated alkanes) is 2. The van der Waals surface area contributed by atoms with Crippen LogP contribution in [0.2, 0.25) is 0 Å². The number of hydrogen-bond acceptors (Lipinski definition) is 14. The monoisotopic (exact) mass is 882 g/mol. The zero-order chi connectivity index (χ0) is 46.1. The van der Waals surface area contributed by atoms with Gasteiger partial charge in [0.2, 0.25) is 23.6 Å². The molecule has 0 radical (unpaired) electrons. The number of amides is 8. The quantitative estimate of drug-likeness (QED) is 0.0178. The molecule has 0 aromatic heterocycles. The fourth-order valence-corrected chi connectivity index (χ4v) is 5.70. The van der Waals surface area contributed by atoms with Crippen LogP contribution in [-0.2, 0) is 49.6 Å². The van der Waals surface area contributed by atoms with Gasteiger partial charge in [0.15, 0.2) is 0 Å². The summed E-state index contributed by atoms with van der Waals surface area (Å²) in [5, 5.41) is 24.2. The fraction of sp³-hybridized carbons (Fsp3) is 0.463. The van der Waals surface area contributed by atoms with Crippen molar-refractivity contribution in [3.8, 4) is 5.75 Å². The molecule has 0 saturated carbocycles. The third-order valence-corrected chi connectivity index (χ3v) is 9.06. The summed E-state index contributed by atoms with van der Waals surface area (Å²) in [6.45, 7) is 4.25. The minimum Gasteiger partial charge on any atom is -0.429 e. The molecule has 342 valence electrons. The van der Waals surface area contributed by atoms with Crippen LogP contribution in [-0.4, -0.2) is 116 Å². The number of urea groups is 1. The minimum atomic E-state index is -1.07. The number of non-ortho nitro benzene ring substituents is 1. The standard InChI is InChI=1S/C41H54N8O14/c1-27(2)37(47-33(50)8-4-3-5-19-43-34(51)26-61-24-23-60-22-21-48-35(52)17-18-36(48)53)39(55)46-32(7-6-20-44-40(42)56)38(54)45-29-11-9-28(10-12-29)25-62-41(57)63-31-15-13-30(14-16-31)49(58)59/h9-18,27,32,37H,3-8,19-26H2,1-2H3,(H,43,51)(H,45,54)(H,46,55)(H,47,50)(H3,42,44,56)/t32-,37-/m0/s1. The van der Waals surface area contributed by atoms with E-state index in [9.17, 15) is 48.5 Å². The van der Waals surface area contributed by atoms with Gasteiger partial charge in [-0.1, -0.05) is 32.4 Å². The van der Waals surface area contributed by atoms with Crippen LogP contribution in [0.15, 0.2) is 60.7 Å². The normalized spacial score (nSPS) is 12.9. The zero-order valence-corrected chi connectivity index (χ0v) is 35.1. The summed E-state index contributed by atoms with van der Waals surface area (Å²) in [6.07, 6.45) is 3.57. The molecule has 0 bridgehead atoms. The number of nitrogens with two attached hydrogens (primary N) is 1. The van der Waals surface area contributed by atoms with E-state index in [-0.39, 0.29) is 106 Å². The Morgan fingerprint density at radius 1 is 0.778 bits per heavy atom. The summed E-state index contributed by atoms with van der Waals surface area (Å²) in [7, 11) is 0. The largest absolute Gasteiger partial charge is 0.514 e. The van der Waals surface area contributed by atoms with Crippen molar-refractivity contribution in [2.24, 2.45) is 11.7 Å². The maximum absolute atomic E-state index is 13.5. The molecule has 1 heterocycles. The molecule has 0 unspecified atom stereocenters. The summed E-state index contributed by atoms with van der Waals surface area (Å²) >= 11 is 0. The highest BCUT2D eigenvalue weighted by Crippen LogP contribution is 2.18. The molecule has 7 N–H and O–H groups in total. The lowest BCUT2D eigenvalue weighted by molar-refractivity contribution is -0.384. The highest BCUT2D eigenvalue weighted by Gasteiger charge is 2.29. The first kappa shape index (κ1) is 50.4. The third kappa shape index (κ3) is 19.5. The van der Waals surface area contributed by atoms with E-state index in [1.807, 2.05) is 0 Å². The molecule has 63 heavy (non-hydrogen) atoms. The Balaban J connectivity index is 1.38. The molecular formula is C41H54N8O14. The number of ether oxygens (including phenoxy) is 4. The van der Waals surface area contributed by atoms with Crippen LogP contribution >= 0.6 is 0 Å². The summed E-state index contributed by atoms with van der Waals surface area (Å²) in [6, 6.07) is 8.37. The summed E-state index contributed by atoms with van der Waals surface area (Å²) in [5.41, 5.74) is 5.89. The van der Waals surface area contributed by atoms with E-state index in [2.05, 4.69) is 26.6 Å². The van der Waals surface area contributed by atoms with Gasteiger partial charge in [0, 0.05) is 49.5 Å². The maximum atomic E-state index is 13.5. The van der Waals surface area contributed by atoms with Gasteiger partial charge in [-0.3, -0.25) is 43.8 Å². The van der Waals surface area contributed by atoms with Crippen molar-refractivity contribution < 1.29 is 62.2 Å². The van der Waals surface area contributed by atoms with Crippen LogP contribution in [0.1, 0.15) is 57.9 Å². The second-order valence-corrected chi connectivity index (χ2v) is 14.3. The molecule has 2 aromatic carbocycles. The van der Waals surface area contributed by atoms with E-state index in [1.54, 1.807) is 38.1 Å². The highest BCUT2D eigenvalue weighted by molar-refractivity contribution is 6.12. The molecule has 0 saturated heterocycles. The van der Waals surface area contributed by atoms with Crippen molar-refractivity contribution in [1.82, 2.24) is 26.2 Å². The van der Waals surface area contributed by atoms with Crippen LogP contribution in [0.3, 0.4) is 0 Å². The molecule has 0 fully saturated rings. The maximum Gasteiger partial charge on any atom is 0.514 e. The Kier molecular flexibility index (Phi) is 21.7. The topological polar surface area (TPSA) is 306 Å². The number of hydrogen-bond donors (Lipinski definition) is 6. The van der Waals surface area contributed by atoms with Gasteiger partial charge in [0.25, 0.3) is 17.5 Å². The number of nitrogens with one attached hydrogen (secondary N) is 5. The van der Waals surface area contributed by atoms with Crippen LogP contribution < -0.4 is 37.1 Å². The number of nitro benzene ring substituents is 1. The molecule has 2 aromatic rings. The van der Waals surface area contributed by atoms with E-state index in [4.69, 9.17) is 24.7 Å². The first-order valence-electron chi connectivity index (χ1n) is 20.2. The second-order valence-electron chi connectivity index (χ2n) is 14.3. The van der Waals surface area contributed by atoms with Gasteiger partial charge >= 0.3 is 12.2 Å². The van der Waals surface area contributed by atoms with E-state index in [0.717, 1.165) is 4.90 Å².